The molecule has 4 unspecified atom stereocenters. The van der Waals surface area contributed by atoms with E-state index in [1.54, 1.807) is 14.2 Å². The minimum Gasteiger partial charge on any atom is -0.497 e. The molecule has 0 bridgehead atoms. The summed E-state index contributed by atoms with van der Waals surface area (Å²) >= 11 is 0. The Morgan fingerprint density at radius 1 is 1.29 bits per heavy atom. The van der Waals surface area contributed by atoms with E-state index in [4.69, 9.17) is 9.47 Å². The van der Waals surface area contributed by atoms with Crippen molar-refractivity contribution in [3.8, 4) is 11.5 Å². The van der Waals surface area contributed by atoms with Crippen LogP contribution in [-0.2, 0) is 15.6 Å². The molecule has 0 aromatic heterocycles. The van der Waals surface area contributed by atoms with Gasteiger partial charge in [0.1, 0.15) is 11.5 Å². The molecule has 4 atom stereocenters. The molecule has 24 heavy (non-hydrogen) atoms. The van der Waals surface area contributed by atoms with Gasteiger partial charge in [-0.1, -0.05) is 6.92 Å². The zero-order chi connectivity index (χ0) is 17.3. The second-order valence-corrected chi connectivity index (χ2v) is 8.38. The second-order valence-electron chi connectivity index (χ2n) is 6.76. The van der Waals surface area contributed by atoms with Gasteiger partial charge in [-0.15, -0.1) is 0 Å². The fourth-order valence-electron chi connectivity index (χ4n) is 3.51. The predicted octanol–water partition coefficient (Wildman–Crippen LogP) is 2.03. The van der Waals surface area contributed by atoms with E-state index in [9.17, 15) is 9.00 Å². The summed E-state index contributed by atoms with van der Waals surface area (Å²) in [7, 11) is 2.49. The maximum absolute atomic E-state index is 12.9. The Kier molecular flexibility index (Phi) is 5.13. The first kappa shape index (κ1) is 17.3. The highest BCUT2D eigenvalue weighted by molar-refractivity contribution is 7.85. The van der Waals surface area contributed by atoms with Gasteiger partial charge in [0.2, 0.25) is 5.91 Å². The molecule has 1 saturated carbocycles. The van der Waals surface area contributed by atoms with Crippen LogP contribution in [0.3, 0.4) is 0 Å². The standard InChI is InChI=1S/C18H25NO4S/c1-12-10-19(6-7-24(21)11-12)18(20)16-9-14(16)15-8-13(22-2)4-5-17(15)23-3/h4-5,8,12,14,16H,6-7,9-11H2,1-3H3. The summed E-state index contributed by atoms with van der Waals surface area (Å²) in [5, 5.41) is 0. The van der Waals surface area contributed by atoms with E-state index in [-0.39, 0.29) is 17.7 Å². The quantitative estimate of drug-likeness (QED) is 0.833. The van der Waals surface area contributed by atoms with Crippen LogP contribution in [0.1, 0.15) is 24.8 Å². The van der Waals surface area contributed by atoms with Gasteiger partial charge in [0, 0.05) is 52.8 Å². The number of methoxy groups -OCH3 is 2. The van der Waals surface area contributed by atoms with Crippen molar-refractivity contribution in [2.45, 2.75) is 19.3 Å². The van der Waals surface area contributed by atoms with Gasteiger partial charge in [-0.25, -0.2) is 0 Å². The third-order valence-electron chi connectivity index (χ3n) is 4.85. The highest BCUT2D eigenvalue weighted by Crippen LogP contribution is 2.52. The van der Waals surface area contributed by atoms with Crippen molar-refractivity contribution in [1.82, 2.24) is 4.90 Å². The van der Waals surface area contributed by atoms with E-state index in [2.05, 4.69) is 6.92 Å². The third kappa shape index (κ3) is 3.58. The Balaban J connectivity index is 1.72. The first-order chi connectivity index (χ1) is 11.5. The summed E-state index contributed by atoms with van der Waals surface area (Å²) in [6.07, 6.45) is 0.844. The molecule has 2 fully saturated rings. The molecule has 2 aliphatic rings. The van der Waals surface area contributed by atoms with Gasteiger partial charge in [0.05, 0.1) is 14.2 Å². The van der Waals surface area contributed by atoms with E-state index >= 15 is 0 Å². The van der Waals surface area contributed by atoms with Crippen molar-refractivity contribution in [1.29, 1.82) is 0 Å². The highest BCUT2D eigenvalue weighted by Gasteiger charge is 2.47. The van der Waals surface area contributed by atoms with E-state index in [0.717, 1.165) is 23.5 Å². The molecule has 1 amide bonds. The molecule has 1 heterocycles. The Labute approximate surface area is 145 Å². The lowest BCUT2D eigenvalue weighted by Gasteiger charge is -2.22. The normalized spacial score (nSPS) is 29.7. The fraction of sp³-hybridized carbons (Fsp3) is 0.611. The number of hydrogen-bond donors (Lipinski definition) is 0. The van der Waals surface area contributed by atoms with Crippen molar-refractivity contribution in [2.24, 2.45) is 11.8 Å². The smallest absolute Gasteiger partial charge is 0.226 e. The molecular weight excluding hydrogens is 326 g/mol. The molecule has 132 valence electrons. The van der Waals surface area contributed by atoms with Gasteiger partial charge in [-0.05, 0) is 30.5 Å². The summed E-state index contributed by atoms with van der Waals surface area (Å²) in [4.78, 5) is 14.8. The van der Waals surface area contributed by atoms with E-state index in [1.807, 2.05) is 23.1 Å². The number of amides is 1. The van der Waals surface area contributed by atoms with Gasteiger partial charge >= 0.3 is 0 Å². The van der Waals surface area contributed by atoms with Crippen LogP contribution in [0.5, 0.6) is 11.5 Å². The van der Waals surface area contributed by atoms with Crippen LogP contribution in [0, 0.1) is 11.8 Å². The maximum Gasteiger partial charge on any atom is 0.226 e. The van der Waals surface area contributed by atoms with Crippen molar-refractivity contribution in [2.75, 3.05) is 38.8 Å². The molecule has 1 aromatic rings. The molecule has 0 radical (unpaired) electrons. The number of carbonyl (C=O) groups is 1. The third-order valence-corrected chi connectivity index (χ3v) is 6.43. The summed E-state index contributed by atoms with van der Waals surface area (Å²) in [5.41, 5.74) is 1.04. The molecule has 5 nitrogen and oxygen atoms in total. The fourth-order valence-corrected chi connectivity index (χ4v) is 4.84. The zero-order valence-corrected chi connectivity index (χ0v) is 15.3. The molecule has 0 N–H and O–H groups in total. The van der Waals surface area contributed by atoms with Crippen LogP contribution >= 0.6 is 0 Å². The molecule has 1 aromatic carbocycles. The molecular formula is C18H25NO4S. The first-order valence-corrected chi connectivity index (χ1v) is 9.88. The lowest BCUT2D eigenvalue weighted by molar-refractivity contribution is -0.132. The Hall–Kier alpha value is -1.56. The van der Waals surface area contributed by atoms with E-state index in [0.29, 0.717) is 30.5 Å². The van der Waals surface area contributed by atoms with Crippen molar-refractivity contribution in [3.63, 3.8) is 0 Å². The molecule has 3 rings (SSSR count). The van der Waals surface area contributed by atoms with Crippen LogP contribution in [0.2, 0.25) is 0 Å². The van der Waals surface area contributed by atoms with Gasteiger partial charge in [-0.2, -0.15) is 0 Å². The molecule has 1 aliphatic carbocycles. The van der Waals surface area contributed by atoms with Crippen LogP contribution in [-0.4, -0.2) is 53.8 Å². The molecule has 1 aliphatic heterocycles. The number of benzene rings is 1. The van der Waals surface area contributed by atoms with Crippen LogP contribution < -0.4 is 9.47 Å². The number of rotatable bonds is 4. The van der Waals surface area contributed by atoms with E-state index < -0.39 is 10.8 Å². The van der Waals surface area contributed by atoms with Gasteiger partial charge in [0.15, 0.2) is 0 Å². The minimum absolute atomic E-state index is 0.00439. The second kappa shape index (κ2) is 7.13. The predicted molar refractivity (Wildman–Crippen MR) is 94.0 cm³/mol. The average molecular weight is 351 g/mol. The van der Waals surface area contributed by atoms with Crippen LogP contribution in [0.4, 0.5) is 0 Å². The summed E-state index contributed by atoms with van der Waals surface area (Å²) in [6.45, 7) is 3.39. The van der Waals surface area contributed by atoms with Crippen molar-refractivity contribution < 1.29 is 18.5 Å². The lowest BCUT2D eigenvalue weighted by Crippen LogP contribution is -2.36. The molecule has 1 saturated heterocycles. The maximum atomic E-state index is 12.9. The van der Waals surface area contributed by atoms with Crippen LogP contribution in [0.25, 0.3) is 0 Å². The van der Waals surface area contributed by atoms with Crippen molar-refractivity contribution >= 4 is 16.7 Å². The number of hydrogen-bond acceptors (Lipinski definition) is 4. The zero-order valence-electron chi connectivity index (χ0n) is 14.5. The minimum atomic E-state index is -0.802. The summed E-state index contributed by atoms with van der Waals surface area (Å²) < 4.78 is 22.6. The SMILES string of the molecule is COc1ccc(OC)c(C2CC2C(=O)N2CCS(=O)CC(C)C2)c1. The largest absolute Gasteiger partial charge is 0.497 e. The van der Waals surface area contributed by atoms with Gasteiger partial charge in [-0.3, -0.25) is 9.00 Å². The van der Waals surface area contributed by atoms with Gasteiger partial charge in [0.25, 0.3) is 0 Å². The summed E-state index contributed by atoms with van der Waals surface area (Å²) in [6, 6.07) is 5.73. The van der Waals surface area contributed by atoms with E-state index in [1.165, 1.54) is 0 Å². The monoisotopic (exact) mass is 351 g/mol. The topological polar surface area (TPSA) is 55.8 Å². The Bertz CT molecular complexity index is 648. The summed E-state index contributed by atoms with van der Waals surface area (Å²) in [5.74, 6) is 3.55. The molecule has 0 spiro atoms. The number of nitrogens with zero attached hydrogens (tertiary/aromatic N) is 1. The lowest BCUT2D eigenvalue weighted by atomic mass is 10.1. The highest BCUT2D eigenvalue weighted by atomic mass is 32.2. The van der Waals surface area contributed by atoms with Crippen LogP contribution in [0.15, 0.2) is 18.2 Å². The molecule has 6 heteroatoms. The average Bonchev–Trinajstić information content (AvgIpc) is 3.38. The number of carbonyl (C=O) groups excluding carboxylic acids is 1. The first-order valence-electron chi connectivity index (χ1n) is 8.39. The van der Waals surface area contributed by atoms with Crippen molar-refractivity contribution in [3.05, 3.63) is 23.8 Å². The van der Waals surface area contributed by atoms with Gasteiger partial charge < -0.3 is 14.4 Å². The number of ether oxygens (including phenoxy) is 2. The Morgan fingerprint density at radius 2 is 2.08 bits per heavy atom. The Morgan fingerprint density at radius 3 is 2.79 bits per heavy atom.